The monoisotopic (exact) mass is 314 g/mol. The lowest BCUT2D eigenvalue weighted by molar-refractivity contribution is -0.121. The number of nitrogens with one attached hydrogen (secondary N) is 2. The van der Waals surface area contributed by atoms with Crippen molar-refractivity contribution >= 4 is 15.7 Å². The summed E-state index contributed by atoms with van der Waals surface area (Å²) in [6, 6.07) is 5.91. The van der Waals surface area contributed by atoms with Crippen LogP contribution in [-0.4, -0.2) is 38.4 Å². The van der Waals surface area contributed by atoms with Crippen LogP contribution in [0.25, 0.3) is 0 Å². The van der Waals surface area contributed by atoms with Crippen molar-refractivity contribution < 1.29 is 17.6 Å². The number of benzene rings is 1. The molecular formula is C14H19FN2O3S. The molecule has 1 aromatic carbocycles. The summed E-state index contributed by atoms with van der Waals surface area (Å²) in [6.45, 7) is 1.05. The first kappa shape index (κ1) is 15.9. The molecule has 21 heavy (non-hydrogen) atoms. The van der Waals surface area contributed by atoms with Crippen LogP contribution in [0.3, 0.4) is 0 Å². The van der Waals surface area contributed by atoms with Crippen molar-refractivity contribution in [1.29, 1.82) is 0 Å². The topological polar surface area (TPSA) is 75.3 Å². The maximum Gasteiger partial charge on any atom is 0.221 e. The fourth-order valence-corrected chi connectivity index (χ4v) is 3.92. The minimum Gasteiger partial charge on any atom is -0.352 e. The van der Waals surface area contributed by atoms with E-state index in [1.54, 1.807) is 12.1 Å². The summed E-state index contributed by atoms with van der Waals surface area (Å²) < 4.78 is 35.3. The van der Waals surface area contributed by atoms with E-state index in [0.29, 0.717) is 19.5 Å². The van der Waals surface area contributed by atoms with E-state index in [-0.39, 0.29) is 35.7 Å². The van der Waals surface area contributed by atoms with Gasteiger partial charge in [-0.15, -0.1) is 0 Å². The van der Waals surface area contributed by atoms with Crippen molar-refractivity contribution in [2.75, 3.05) is 18.1 Å². The SMILES string of the molecule is O=C(CCNCc1ccc(F)cc1)NC1CCS(=O)(=O)C1. The van der Waals surface area contributed by atoms with Gasteiger partial charge in [0, 0.05) is 25.6 Å². The highest BCUT2D eigenvalue weighted by atomic mass is 32.2. The summed E-state index contributed by atoms with van der Waals surface area (Å²) in [4.78, 5) is 11.7. The molecule has 1 aliphatic rings. The number of carbonyl (C=O) groups excluding carboxylic acids is 1. The Morgan fingerprint density at radius 1 is 1.29 bits per heavy atom. The molecule has 2 N–H and O–H groups in total. The molecule has 1 aromatic rings. The van der Waals surface area contributed by atoms with Gasteiger partial charge >= 0.3 is 0 Å². The van der Waals surface area contributed by atoms with Crippen LogP contribution in [-0.2, 0) is 21.2 Å². The molecule has 7 heteroatoms. The van der Waals surface area contributed by atoms with Crippen LogP contribution in [0, 0.1) is 5.82 Å². The molecule has 0 saturated carbocycles. The van der Waals surface area contributed by atoms with Gasteiger partial charge in [0.25, 0.3) is 0 Å². The van der Waals surface area contributed by atoms with Gasteiger partial charge in [0.05, 0.1) is 11.5 Å². The lowest BCUT2D eigenvalue weighted by atomic mass is 10.2. The molecule has 116 valence electrons. The quantitative estimate of drug-likeness (QED) is 0.755. The van der Waals surface area contributed by atoms with Crippen LogP contribution in [0.1, 0.15) is 18.4 Å². The first-order valence-electron chi connectivity index (χ1n) is 6.89. The second-order valence-electron chi connectivity index (χ2n) is 5.22. The largest absolute Gasteiger partial charge is 0.352 e. The molecule has 0 bridgehead atoms. The third-order valence-electron chi connectivity index (χ3n) is 3.37. The molecule has 1 atom stereocenters. The van der Waals surface area contributed by atoms with Crippen LogP contribution in [0.4, 0.5) is 4.39 Å². The number of hydrogen-bond acceptors (Lipinski definition) is 4. The van der Waals surface area contributed by atoms with E-state index >= 15 is 0 Å². The molecule has 1 unspecified atom stereocenters. The van der Waals surface area contributed by atoms with Crippen LogP contribution < -0.4 is 10.6 Å². The molecule has 1 fully saturated rings. The zero-order chi connectivity index (χ0) is 15.3. The first-order valence-corrected chi connectivity index (χ1v) is 8.72. The number of sulfone groups is 1. The van der Waals surface area contributed by atoms with Gasteiger partial charge in [-0.2, -0.15) is 0 Å². The zero-order valence-corrected chi connectivity index (χ0v) is 12.5. The highest BCUT2D eigenvalue weighted by Crippen LogP contribution is 2.11. The lowest BCUT2D eigenvalue weighted by Gasteiger charge is -2.11. The van der Waals surface area contributed by atoms with Crippen LogP contribution in [0.5, 0.6) is 0 Å². The summed E-state index contributed by atoms with van der Waals surface area (Å²) in [5.74, 6) is -0.226. The Morgan fingerprint density at radius 2 is 2.00 bits per heavy atom. The fraction of sp³-hybridized carbons (Fsp3) is 0.500. The van der Waals surface area contributed by atoms with Gasteiger partial charge in [-0.1, -0.05) is 12.1 Å². The summed E-state index contributed by atoms with van der Waals surface area (Å²) in [5.41, 5.74) is 0.943. The number of amides is 1. The minimum atomic E-state index is -2.97. The molecule has 2 rings (SSSR count). The smallest absolute Gasteiger partial charge is 0.221 e. The molecule has 5 nitrogen and oxygen atoms in total. The van der Waals surface area contributed by atoms with Gasteiger partial charge < -0.3 is 10.6 Å². The summed E-state index contributed by atoms with van der Waals surface area (Å²) in [6.07, 6.45) is 0.787. The molecule has 0 aromatic heterocycles. The normalized spacial score (nSPS) is 20.3. The standard InChI is InChI=1S/C14H19FN2O3S/c15-12-3-1-11(2-4-12)9-16-7-5-14(18)17-13-6-8-21(19,20)10-13/h1-4,13,16H,5-10H2,(H,17,18). The van der Waals surface area contributed by atoms with Crippen molar-refractivity contribution in [2.24, 2.45) is 0 Å². The molecule has 0 radical (unpaired) electrons. The van der Waals surface area contributed by atoms with E-state index in [2.05, 4.69) is 10.6 Å². The van der Waals surface area contributed by atoms with E-state index in [4.69, 9.17) is 0 Å². The van der Waals surface area contributed by atoms with Gasteiger partial charge in [-0.05, 0) is 24.1 Å². The van der Waals surface area contributed by atoms with E-state index in [1.165, 1.54) is 12.1 Å². The van der Waals surface area contributed by atoms with Crippen molar-refractivity contribution in [3.63, 3.8) is 0 Å². The van der Waals surface area contributed by atoms with Gasteiger partial charge in [0.15, 0.2) is 9.84 Å². The Morgan fingerprint density at radius 3 is 2.62 bits per heavy atom. The molecule has 1 saturated heterocycles. The second-order valence-corrected chi connectivity index (χ2v) is 7.45. The van der Waals surface area contributed by atoms with Crippen molar-refractivity contribution in [2.45, 2.75) is 25.4 Å². The molecule has 1 amide bonds. The predicted molar refractivity (Wildman–Crippen MR) is 77.9 cm³/mol. The van der Waals surface area contributed by atoms with Gasteiger partial charge in [0.2, 0.25) is 5.91 Å². The van der Waals surface area contributed by atoms with Gasteiger partial charge in [0.1, 0.15) is 5.82 Å². The fourth-order valence-electron chi connectivity index (χ4n) is 2.25. The van der Waals surface area contributed by atoms with Crippen molar-refractivity contribution in [3.05, 3.63) is 35.6 Å². The molecular weight excluding hydrogens is 295 g/mol. The molecule has 0 aliphatic carbocycles. The van der Waals surface area contributed by atoms with Crippen molar-refractivity contribution in [3.8, 4) is 0 Å². The molecule has 1 aliphatic heterocycles. The third kappa shape index (κ3) is 5.43. The number of hydrogen-bond donors (Lipinski definition) is 2. The Kier molecular flexibility index (Phi) is 5.30. The maximum absolute atomic E-state index is 12.7. The average molecular weight is 314 g/mol. The zero-order valence-electron chi connectivity index (χ0n) is 11.6. The number of rotatable bonds is 6. The van der Waals surface area contributed by atoms with Crippen LogP contribution in [0.2, 0.25) is 0 Å². The Balaban J connectivity index is 1.62. The molecule has 1 heterocycles. The Hall–Kier alpha value is -1.47. The van der Waals surface area contributed by atoms with Crippen LogP contribution >= 0.6 is 0 Å². The first-order chi connectivity index (χ1) is 9.94. The van der Waals surface area contributed by atoms with Crippen LogP contribution in [0.15, 0.2) is 24.3 Å². The van der Waals surface area contributed by atoms with Gasteiger partial charge in [-0.25, -0.2) is 12.8 Å². The third-order valence-corrected chi connectivity index (χ3v) is 5.14. The number of halogens is 1. The summed E-state index contributed by atoms with van der Waals surface area (Å²) >= 11 is 0. The van der Waals surface area contributed by atoms with E-state index < -0.39 is 9.84 Å². The maximum atomic E-state index is 12.7. The minimum absolute atomic E-state index is 0.0434. The average Bonchev–Trinajstić information content (AvgIpc) is 2.76. The van der Waals surface area contributed by atoms with Gasteiger partial charge in [-0.3, -0.25) is 4.79 Å². The highest BCUT2D eigenvalue weighted by molar-refractivity contribution is 7.91. The van der Waals surface area contributed by atoms with Crippen molar-refractivity contribution in [1.82, 2.24) is 10.6 Å². The Bertz CT molecular complexity index is 587. The second kappa shape index (κ2) is 7.00. The van der Waals surface area contributed by atoms with E-state index in [9.17, 15) is 17.6 Å². The van der Waals surface area contributed by atoms with E-state index in [0.717, 1.165) is 5.56 Å². The molecule has 0 spiro atoms. The Labute approximate surface area is 123 Å². The number of carbonyl (C=O) groups is 1. The summed E-state index contributed by atoms with van der Waals surface area (Å²) in [7, 11) is -2.97. The summed E-state index contributed by atoms with van der Waals surface area (Å²) in [5, 5.41) is 5.82. The lowest BCUT2D eigenvalue weighted by Crippen LogP contribution is -2.37. The highest BCUT2D eigenvalue weighted by Gasteiger charge is 2.28. The predicted octanol–water partition coefficient (Wildman–Crippen LogP) is 0.609. The van der Waals surface area contributed by atoms with E-state index in [1.807, 2.05) is 0 Å².